The van der Waals surface area contributed by atoms with Crippen LogP contribution in [0, 0.1) is 0 Å². The molecule has 3 aromatic rings. The van der Waals surface area contributed by atoms with Gasteiger partial charge in [-0.1, -0.05) is 48.0 Å². The van der Waals surface area contributed by atoms with E-state index in [4.69, 9.17) is 21.1 Å². The summed E-state index contributed by atoms with van der Waals surface area (Å²) in [6.07, 6.45) is 3.68. The van der Waals surface area contributed by atoms with Gasteiger partial charge in [0.15, 0.2) is 0 Å². The molecule has 0 aromatic heterocycles. The predicted octanol–water partition coefficient (Wildman–Crippen LogP) is 5.02. The highest BCUT2D eigenvalue weighted by Gasteiger charge is 2.34. The molecule has 6 nitrogen and oxygen atoms in total. The van der Waals surface area contributed by atoms with Crippen molar-refractivity contribution in [1.82, 2.24) is 4.90 Å². The van der Waals surface area contributed by atoms with Crippen LogP contribution in [-0.4, -0.2) is 41.1 Å². The van der Waals surface area contributed by atoms with Gasteiger partial charge in [0.2, 0.25) is 0 Å². The van der Waals surface area contributed by atoms with Crippen molar-refractivity contribution >= 4 is 23.5 Å². The number of methoxy groups -OCH3 is 1. The standard InChI is InChI=1S/C28H24ClNO5/c1-34-28(33)25-13-19(5-10-26(25)29)18-4-2-3-17(11-18)16-35-23-8-9-24-20(12-23)15-30(27(24)32)21-6-7-22(31)14-21/h2-13,21-22,31H,14-16H2,1H3. The maximum absolute atomic E-state index is 12.8. The van der Waals surface area contributed by atoms with Crippen molar-refractivity contribution in [2.75, 3.05) is 7.11 Å². The molecule has 0 fully saturated rings. The molecular weight excluding hydrogens is 466 g/mol. The number of benzene rings is 3. The zero-order chi connectivity index (χ0) is 24.5. The van der Waals surface area contributed by atoms with E-state index in [2.05, 4.69) is 0 Å². The highest BCUT2D eigenvalue weighted by Crippen LogP contribution is 2.32. The summed E-state index contributed by atoms with van der Waals surface area (Å²) in [6.45, 7) is 0.848. The van der Waals surface area contributed by atoms with Gasteiger partial charge in [0.05, 0.1) is 29.8 Å². The van der Waals surface area contributed by atoms with Gasteiger partial charge >= 0.3 is 5.97 Å². The topological polar surface area (TPSA) is 76.1 Å². The second-order valence-electron chi connectivity index (χ2n) is 8.68. The van der Waals surface area contributed by atoms with Crippen LogP contribution in [0.3, 0.4) is 0 Å². The number of aliphatic hydroxyl groups is 1. The number of halogens is 1. The van der Waals surface area contributed by atoms with E-state index < -0.39 is 12.1 Å². The molecule has 0 bridgehead atoms. The molecule has 3 aromatic carbocycles. The fraction of sp³-hybridized carbons (Fsp3) is 0.214. The lowest BCUT2D eigenvalue weighted by Gasteiger charge is -2.22. The predicted molar refractivity (Wildman–Crippen MR) is 132 cm³/mol. The number of carbonyl (C=O) groups is 2. The van der Waals surface area contributed by atoms with E-state index in [-0.39, 0.29) is 11.9 Å². The molecule has 7 heteroatoms. The maximum atomic E-state index is 12.8. The van der Waals surface area contributed by atoms with Crippen LogP contribution < -0.4 is 4.74 Å². The molecule has 2 unspecified atom stereocenters. The molecule has 1 N–H and O–H groups in total. The Hall–Kier alpha value is -3.61. The van der Waals surface area contributed by atoms with Crippen LogP contribution in [0.15, 0.2) is 72.8 Å². The lowest BCUT2D eigenvalue weighted by atomic mass is 10.0. The number of fused-ring (bicyclic) bond motifs is 1. The minimum atomic E-state index is -0.494. The van der Waals surface area contributed by atoms with Gasteiger partial charge in [-0.3, -0.25) is 4.79 Å². The summed E-state index contributed by atoms with van der Waals surface area (Å²) >= 11 is 6.15. The molecule has 1 amide bonds. The largest absolute Gasteiger partial charge is 0.489 e. The van der Waals surface area contributed by atoms with Crippen LogP contribution >= 0.6 is 11.6 Å². The monoisotopic (exact) mass is 489 g/mol. The minimum Gasteiger partial charge on any atom is -0.489 e. The van der Waals surface area contributed by atoms with Crippen molar-refractivity contribution in [2.45, 2.75) is 31.7 Å². The summed E-state index contributed by atoms with van der Waals surface area (Å²) in [5.74, 6) is 0.188. The first kappa shape index (κ1) is 23.1. The molecule has 0 spiro atoms. The van der Waals surface area contributed by atoms with Gasteiger partial charge in [0.1, 0.15) is 12.4 Å². The number of aliphatic hydroxyl groups excluding tert-OH is 1. The molecule has 0 saturated heterocycles. The first-order chi connectivity index (χ1) is 16.9. The van der Waals surface area contributed by atoms with E-state index in [9.17, 15) is 14.7 Å². The number of rotatable bonds is 6. The summed E-state index contributed by atoms with van der Waals surface area (Å²) in [7, 11) is 1.33. The lowest BCUT2D eigenvalue weighted by Crippen LogP contribution is -2.33. The Morgan fingerprint density at radius 1 is 1.09 bits per heavy atom. The van der Waals surface area contributed by atoms with Crippen molar-refractivity contribution < 1.29 is 24.2 Å². The average molecular weight is 490 g/mol. The number of carbonyl (C=O) groups excluding carboxylic acids is 2. The van der Waals surface area contributed by atoms with E-state index in [1.165, 1.54) is 7.11 Å². The maximum Gasteiger partial charge on any atom is 0.339 e. The summed E-state index contributed by atoms with van der Waals surface area (Å²) in [6, 6.07) is 18.6. The molecule has 5 rings (SSSR count). The minimum absolute atomic E-state index is 0.0164. The molecule has 1 heterocycles. The van der Waals surface area contributed by atoms with Gasteiger partial charge in [-0.05, 0) is 58.7 Å². The smallest absolute Gasteiger partial charge is 0.339 e. The number of nitrogens with zero attached hydrogens (tertiary/aromatic N) is 1. The molecule has 0 radical (unpaired) electrons. The second kappa shape index (κ2) is 9.56. The average Bonchev–Trinajstić information content (AvgIpc) is 3.45. The summed E-state index contributed by atoms with van der Waals surface area (Å²) in [5.41, 5.74) is 4.65. The highest BCUT2D eigenvalue weighted by molar-refractivity contribution is 6.33. The molecule has 35 heavy (non-hydrogen) atoms. The Kier molecular flexibility index (Phi) is 6.32. The first-order valence-electron chi connectivity index (χ1n) is 11.3. The van der Waals surface area contributed by atoms with Crippen molar-refractivity contribution in [2.24, 2.45) is 0 Å². The number of esters is 1. The fourth-order valence-corrected chi connectivity index (χ4v) is 4.74. The van der Waals surface area contributed by atoms with E-state index in [1.807, 2.05) is 48.5 Å². The van der Waals surface area contributed by atoms with Gasteiger partial charge in [0, 0.05) is 18.5 Å². The molecule has 0 saturated carbocycles. The van der Waals surface area contributed by atoms with Crippen molar-refractivity contribution in [1.29, 1.82) is 0 Å². The first-order valence-corrected chi connectivity index (χ1v) is 11.7. The Balaban J connectivity index is 1.29. The van der Waals surface area contributed by atoms with Crippen LogP contribution in [0.5, 0.6) is 5.75 Å². The quantitative estimate of drug-likeness (QED) is 0.389. The van der Waals surface area contributed by atoms with E-state index >= 15 is 0 Å². The van der Waals surface area contributed by atoms with Crippen LogP contribution in [0.1, 0.15) is 38.3 Å². The summed E-state index contributed by atoms with van der Waals surface area (Å²) < 4.78 is 10.9. The Morgan fingerprint density at radius 2 is 1.91 bits per heavy atom. The third kappa shape index (κ3) is 4.67. The Bertz CT molecular complexity index is 1330. The van der Waals surface area contributed by atoms with Crippen LogP contribution in [0.25, 0.3) is 11.1 Å². The molecule has 178 valence electrons. The van der Waals surface area contributed by atoms with Gasteiger partial charge in [-0.25, -0.2) is 4.79 Å². The van der Waals surface area contributed by atoms with Crippen molar-refractivity contribution in [3.8, 4) is 16.9 Å². The molecule has 1 aliphatic carbocycles. The number of hydrogen-bond acceptors (Lipinski definition) is 5. The molecule has 2 atom stereocenters. The van der Waals surface area contributed by atoms with Crippen LogP contribution in [0.4, 0.5) is 0 Å². The number of hydrogen-bond donors (Lipinski definition) is 1. The fourth-order valence-electron chi connectivity index (χ4n) is 4.55. The van der Waals surface area contributed by atoms with Crippen LogP contribution in [0.2, 0.25) is 5.02 Å². The van der Waals surface area contributed by atoms with Gasteiger partial charge in [-0.2, -0.15) is 0 Å². The highest BCUT2D eigenvalue weighted by atomic mass is 35.5. The molecular formula is C28H24ClNO5. The molecule has 2 aliphatic rings. The summed E-state index contributed by atoms with van der Waals surface area (Å²) in [5, 5.41) is 10.1. The van der Waals surface area contributed by atoms with E-state index in [1.54, 1.807) is 29.2 Å². The SMILES string of the molecule is COC(=O)c1cc(-c2cccc(COc3ccc4c(c3)CN(C3C=CC(O)C3)C4=O)c2)ccc1Cl. The third-order valence-corrected chi connectivity index (χ3v) is 6.71. The Morgan fingerprint density at radius 3 is 2.69 bits per heavy atom. The normalized spacial score (nSPS) is 18.6. The molecule has 1 aliphatic heterocycles. The van der Waals surface area contributed by atoms with Crippen molar-refractivity contribution in [3.05, 3.63) is 100 Å². The lowest BCUT2D eigenvalue weighted by molar-refractivity contribution is 0.0600. The third-order valence-electron chi connectivity index (χ3n) is 6.38. The second-order valence-corrected chi connectivity index (χ2v) is 9.09. The zero-order valence-corrected chi connectivity index (χ0v) is 19.9. The van der Waals surface area contributed by atoms with Crippen molar-refractivity contribution in [3.63, 3.8) is 0 Å². The van der Waals surface area contributed by atoms with Crippen LogP contribution in [-0.2, 0) is 17.9 Å². The zero-order valence-electron chi connectivity index (χ0n) is 19.1. The van der Waals surface area contributed by atoms with Gasteiger partial charge in [-0.15, -0.1) is 0 Å². The summed E-state index contributed by atoms with van der Waals surface area (Å²) in [4.78, 5) is 26.6. The number of ether oxygens (including phenoxy) is 2. The Labute approximate surface area is 208 Å². The van der Waals surface area contributed by atoms with Gasteiger partial charge in [0.25, 0.3) is 5.91 Å². The number of amides is 1. The van der Waals surface area contributed by atoms with E-state index in [0.29, 0.717) is 41.5 Å². The van der Waals surface area contributed by atoms with E-state index in [0.717, 1.165) is 22.3 Å². The van der Waals surface area contributed by atoms with Gasteiger partial charge < -0.3 is 19.5 Å².